The summed E-state index contributed by atoms with van der Waals surface area (Å²) in [6.45, 7) is 8.72. The summed E-state index contributed by atoms with van der Waals surface area (Å²) in [6.07, 6.45) is 3.25. The minimum absolute atomic E-state index is 0.334. The summed E-state index contributed by atoms with van der Waals surface area (Å²) < 4.78 is 5.44. The van der Waals surface area contributed by atoms with Crippen molar-refractivity contribution in [2.24, 2.45) is 0 Å². The van der Waals surface area contributed by atoms with Gasteiger partial charge in [-0.15, -0.1) is 0 Å². The van der Waals surface area contributed by atoms with E-state index in [0.29, 0.717) is 6.10 Å². The second-order valence-corrected chi connectivity index (χ2v) is 3.94. The number of aryl methyl sites for hydroxylation is 1. The van der Waals surface area contributed by atoms with Crippen molar-refractivity contribution in [3.05, 3.63) is 17.7 Å². The number of imidazole rings is 1. The third-order valence-electron chi connectivity index (χ3n) is 2.02. The van der Waals surface area contributed by atoms with E-state index in [9.17, 15) is 0 Å². The van der Waals surface area contributed by atoms with Crippen LogP contribution in [0.1, 0.15) is 31.8 Å². The van der Waals surface area contributed by atoms with E-state index < -0.39 is 0 Å². The number of hydrogen-bond donors (Lipinski definition) is 2. The minimum atomic E-state index is 0.334. The van der Waals surface area contributed by atoms with Crippen LogP contribution in [0.25, 0.3) is 0 Å². The average Bonchev–Trinajstić information content (AvgIpc) is 2.57. The van der Waals surface area contributed by atoms with Crippen molar-refractivity contribution in [1.29, 1.82) is 0 Å². The highest BCUT2D eigenvalue weighted by Gasteiger charge is 1.96. The molecule has 0 spiro atoms. The van der Waals surface area contributed by atoms with Crippen molar-refractivity contribution in [2.45, 2.75) is 39.8 Å². The molecule has 0 amide bonds. The molecule has 15 heavy (non-hydrogen) atoms. The van der Waals surface area contributed by atoms with Crippen molar-refractivity contribution in [3.63, 3.8) is 0 Å². The van der Waals surface area contributed by atoms with Gasteiger partial charge in [-0.25, -0.2) is 4.98 Å². The quantitative estimate of drug-likeness (QED) is 0.674. The number of rotatable bonds is 7. The summed E-state index contributed by atoms with van der Waals surface area (Å²) in [7, 11) is 0. The lowest BCUT2D eigenvalue weighted by Crippen LogP contribution is -2.17. The van der Waals surface area contributed by atoms with Crippen LogP contribution >= 0.6 is 0 Å². The monoisotopic (exact) mass is 211 g/mol. The van der Waals surface area contributed by atoms with Gasteiger partial charge in [-0.05, 0) is 33.7 Å². The Kier molecular flexibility index (Phi) is 5.36. The van der Waals surface area contributed by atoms with Gasteiger partial charge in [0.25, 0.3) is 0 Å². The molecule has 1 rings (SSSR count). The maximum atomic E-state index is 5.44. The molecule has 0 atom stereocenters. The number of H-pyrrole nitrogens is 1. The number of aromatic amines is 1. The molecule has 86 valence electrons. The first-order valence-corrected chi connectivity index (χ1v) is 5.51. The second kappa shape index (κ2) is 6.58. The first kappa shape index (κ1) is 12.2. The predicted octanol–water partition coefficient (Wildman–Crippen LogP) is 1.62. The Labute approximate surface area is 91.4 Å². The normalized spacial score (nSPS) is 11.2. The summed E-state index contributed by atoms with van der Waals surface area (Å²) in [5.74, 6) is 0.968. The fourth-order valence-corrected chi connectivity index (χ4v) is 1.30. The van der Waals surface area contributed by atoms with Crippen LogP contribution in [0.15, 0.2) is 6.20 Å². The fraction of sp³-hybridized carbons (Fsp3) is 0.727. The Balaban J connectivity index is 1.98. The fourth-order valence-electron chi connectivity index (χ4n) is 1.30. The molecule has 0 fully saturated rings. The molecule has 1 heterocycles. The van der Waals surface area contributed by atoms with E-state index in [1.54, 1.807) is 0 Å². The number of ether oxygens (including phenoxy) is 1. The molecule has 0 aliphatic carbocycles. The molecule has 0 aromatic carbocycles. The molecule has 4 heteroatoms. The van der Waals surface area contributed by atoms with Crippen molar-refractivity contribution in [1.82, 2.24) is 15.3 Å². The first-order valence-electron chi connectivity index (χ1n) is 5.51. The third kappa shape index (κ3) is 5.54. The highest BCUT2D eigenvalue weighted by molar-refractivity contribution is 4.98. The van der Waals surface area contributed by atoms with E-state index in [-0.39, 0.29) is 0 Å². The molecule has 1 aromatic rings. The van der Waals surface area contributed by atoms with E-state index in [1.807, 2.05) is 13.1 Å². The van der Waals surface area contributed by atoms with Crippen molar-refractivity contribution >= 4 is 0 Å². The van der Waals surface area contributed by atoms with Gasteiger partial charge in [-0.2, -0.15) is 0 Å². The molecular weight excluding hydrogens is 190 g/mol. The molecule has 4 nitrogen and oxygen atoms in total. The minimum Gasteiger partial charge on any atom is -0.379 e. The number of nitrogens with zero attached hydrogens (tertiary/aromatic N) is 1. The van der Waals surface area contributed by atoms with E-state index >= 15 is 0 Å². The summed E-state index contributed by atoms with van der Waals surface area (Å²) >= 11 is 0. The maximum Gasteiger partial charge on any atom is 0.103 e. The zero-order valence-corrected chi connectivity index (χ0v) is 9.84. The summed E-state index contributed by atoms with van der Waals surface area (Å²) in [5.41, 5.74) is 1.14. The smallest absolute Gasteiger partial charge is 0.103 e. The van der Waals surface area contributed by atoms with Crippen molar-refractivity contribution < 1.29 is 4.74 Å². The maximum absolute atomic E-state index is 5.44. The number of aromatic nitrogens is 2. The van der Waals surface area contributed by atoms with Gasteiger partial charge in [0, 0.05) is 25.0 Å². The molecule has 0 saturated carbocycles. The van der Waals surface area contributed by atoms with Crippen molar-refractivity contribution in [3.8, 4) is 0 Å². The molecule has 0 aliphatic rings. The Morgan fingerprint density at radius 1 is 1.53 bits per heavy atom. The Morgan fingerprint density at radius 2 is 2.33 bits per heavy atom. The van der Waals surface area contributed by atoms with Gasteiger partial charge in [0.05, 0.1) is 6.10 Å². The summed E-state index contributed by atoms with van der Waals surface area (Å²) in [6, 6.07) is 0. The summed E-state index contributed by atoms with van der Waals surface area (Å²) in [4.78, 5) is 7.31. The van der Waals surface area contributed by atoms with E-state index in [2.05, 4.69) is 29.1 Å². The standard InChI is InChI=1S/C11H21N3O/c1-9(2)15-6-4-5-12-7-11-8-13-10(3)14-11/h8-9,12H,4-7H2,1-3H3,(H,13,14). The third-order valence-corrected chi connectivity index (χ3v) is 2.02. The van der Waals surface area contributed by atoms with Crippen LogP contribution < -0.4 is 5.32 Å². The molecule has 0 saturated heterocycles. The lowest BCUT2D eigenvalue weighted by Gasteiger charge is -2.07. The van der Waals surface area contributed by atoms with Gasteiger partial charge in [0.2, 0.25) is 0 Å². The lowest BCUT2D eigenvalue weighted by atomic mass is 10.4. The SMILES string of the molecule is Cc1ncc(CNCCCOC(C)C)[nH]1. The molecule has 2 N–H and O–H groups in total. The zero-order chi connectivity index (χ0) is 11.1. The lowest BCUT2D eigenvalue weighted by molar-refractivity contribution is 0.0770. The van der Waals surface area contributed by atoms with Gasteiger partial charge in [-0.3, -0.25) is 0 Å². The van der Waals surface area contributed by atoms with Crippen LogP contribution in [0.3, 0.4) is 0 Å². The highest BCUT2D eigenvalue weighted by Crippen LogP contribution is 1.95. The Hall–Kier alpha value is -0.870. The van der Waals surface area contributed by atoms with Gasteiger partial charge in [0.15, 0.2) is 0 Å². The van der Waals surface area contributed by atoms with Crippen LogP contribution in [0, 0.1) is 6.92 Å². The molecule has 0 radical (unpaired) electrons. The summed E-state index contributed by atoms with van der Waals surface area (Å²) in [5, 5.41) is 3.34. The Morgan fingerprint density at radius 3 is 2.93 bits per heavy atom. The topological polar surface area (TPSA) is 49.9 Å². The van der Waals surface area contributed by atoms with E-state index in [4.69, 9.17) is 4.74 Å². The van der Waals surface area contributed by atoms with Crippen LogP contribution in [-0.4, -0.2) is 29.2 Å². The van der Waals surface area contributed by atoms with Crippen LogP contribution in [0.2, 0.25) is 0 Å². The van der Waals surface area contributed by atoms with Crippen LogP contribution in [-0.2, 0) is 11.3 Å². The van der Waals surface area contributed by atoms with E-state index in [1.165, 1.54) is 0 Å². The zero-order valence-electron chi connectivity index (χ0n) is 9.84. The molecule has 0 unspecified atom stereocenters. The number of nitrogens with one attached hydrogen (secondary N) is 2. The number of hydrogen-bond acceptors (Lipinski definition) is 3. The van der Waals surface area contributed by atoms with Gasteiger partial charge >= 0.3 is 0 Å². The van der Waals surface area contributed by atoms with Gasteiger partial charge in [-0.1, -0.05) is 0 Å². The second-order valence-electron chi connectivity index (χ2n) is 3.94. The van der Waals surface area contributed by atoms with Crippen molar-refractivity contribution in [2.75, 3.05) is 13.2 Å². The van der Waals surface area contributed by atoms with E-state index in [0.717, 1.165) is 37.6 Å². The van der Waals surface area contributed by atoms with Gasteiger partial charge in [0.1, 0.15) is 5.82 Å². The predicted molar refractivity (Wildman–Crippen MR) is 60.7 cm³/mol. The average molecular weight is 211 g/mol. The molecule has 0 aliphatic heterocycles. The first-order chi connectivity index (χ1) is 7.18. The van der Waals surface area contributed by atoms with Gasteiger partial charge < -0.3 is 15.0 Å². The molecule has 0 bridgehead atoms. The Bertz CT molecular complexity index is 271. The van der Waals surface area contributed by atoms with Crippen LogP contribution in [0.5, 0.6) is 0 Å². The highest BCUT2D eigenvalue weighted by atomic mass is 16.5. The largest absolute Gasteiger partial charge is 0.379 e. The molecule has 1 aromatic heterocycles. The van der Waals surface area contributed by atoms with Crippen LogP contribution in [0.4, 0.5) is 0 Å². The molecular formula is C11H21N3O.